The maximum atomic E-state index is 12.4. The molecule has 8 heteroatoms. The summed E-state index contributed by atoms with van der Waals surface area (Å²) in [7, 11) is 3.21. The summed E-state index contributed by atoms with van der Waals surface area (Å²) >= 11 is 0. The Hall–Kier alpha value is -4.20. The van der Waals surface area contributed by atoms with Gasteiger partial charge in [-0.1, -0.05) is 17.3 Å². The minimum Gasteiger partial charge on any atom is -0.497 e. The largest absolute Gasteiger partial charge is 0.497 e. The summed E-state index contributed by atoms with van der Waals surface area (Å²) in [6.07, 6.45) is 4.30. The molecule has 168 valence electrons. The van der Waals surface area contributed by atoms with Crippen molar-refractivity contribution in [3.05, 3.63) is 78.1 Å². The van der Waals surface area contributed by atoms with Gasteiger partial charge in [-0.05, 0) is 53.9 Å². The van der Waals surface area contributed by atoms with Crippen molar-refractivity contribution < 1.29 is 18.8 Å². The Morgan fingerprint density at radius 3 is 2.42 bits per heavy atom. The van der Waals surface area contributed by atoms with Gasteiger partial charge in [-0.25, -0.2) is 0 Å². The third-order valence-corrected chi connectivity index (χ3v) is 5.08. The average molecular weight is 444 g/mol. The summed E-state index contributed by atoms with van der Waals surface area (Å²) in [6, 6.07) is 16.9. The van der Waals surface area contributed by atoms with Crippen LogP contribution in [0, 0.1) is 0 Å². The van der Waals surface area contributed by atoms with E-state index in [1.807, 2.05) is 48.5 Å². The van der Waals surface area contributed by atoms with E-state index in [-0.39, 0.29) is 5.91 Å². The van der Waals surface area contributed by atoms with Gasteiger partial charge in [-0.2, -0.15) is 4.98 Å². The highest BCUT2D eigenvalue weighted by molar-refractivity contribution is 5.76. The third-order valence-electron chi connectivity index (χ3n) is 5.08. The topological polar surface area (TPSA) is 99.4 Å². The van der Waals surface area contributed by atoms with Crippen LogP contribution in [0.4, 0.5) is 0 Å². The van der Waals surface area contributed by atoms with E-state index in [9.17, 15) is 4.79 Å². The molecule has 2 heterocycles. The molecule has 0 aliphatic carbocycles. The van der Waals surface area contributed by atoms with Gasteiger partial charge >= 0.3 is 0 Å². The van der Waals surface area contributed by atoms with Crippen molar-refractivity contribution in [3.63, 3.8) is 0 Å². The number of methoxy groups -OCH3 is 2. The molecular weight excluding hydrogens is 420 g/mol. The van der Waals surface area contributed by atoms with Gasteiger partial charge in [-0.15, -0.1) is 0 Å². The lowest BCUT2D eigenvalue weighted by molar-refractivity contribution is -0.121. The molecule has 2 aromatic carbocycles. The van der Waals surface area contributed by atoms with Crippen LogP contribution in [-0.4, -0.2) is 35.3 Å². The Labute approximate surface area is 191 Å². The Bertz CT molecular complexity index is 1200. The smallest absolute Gasteiger partial charge is 0.258 e. The van der Waals surface area contributed by atoms with Gasteiger partial charge in [0, 0.05) is 42.6 Å². The van der Waals surface area contributed by atoms with Crippen LogP contribution in [-0.2, 0) is 17.8 Å². The van der Waals surface area contributed by atoms with Crippen molar-refractivity contribution in [1.82, 2.24) is 20.4 Å². The summed E-state index contributed by atoms with van der Waals surface area (Å²) < 4.78 is 16.0. The van der Waals surface area contributed by atoms with E-state index in [1.54, 1.807) is 32.7 Å². The first kappa shape index (κ1) is 22.0. The van der Waals surface area contributed by atoms with E-state index >= 15 is 0 Å². The number of aromatic nitrogens is 3. The van der Waals surface area contributed by atoms with E-state index in [0.29, 0.717) is 42.6 Å². The highest BCUT2D eigenvalue weighted by atomic mass is 16.5. The molecule has 0 bridgehead atoms. The van der Waals surface area contributed by atoms with E-state index in [4.69, 9.17) is 14.0 Å². The molecule has 4 aromatic rings. The van der Waals surface area contributed by atoms with Crippen LogP contribution < -0.4 is 14.8 Å². The molecule has 0 aliphatic rings. The maximum absolute atomic E-state index is 12.4. The number of nitrogens with one attached hydrogen (secondary N) is 1. The van der Waals surface area contributed by atoms with E-state index in [0.717, 1.165) is 22.3 Å². The first-order valence-corrected chi connectivity index (χ1v) is 10.5. The summed E-state index contributed by atoms with van der Waals surface area (Å²) in [5.41, 5.74) is 3.53. The fraction of sp³-hybridized carbons (Fsp3) is 0.200. The number of nitrogens with zero attached hydrogens (tertiary/aromatic N) is 3. The van der Waals surface area contributed by atoms with Gasteiger partial charge in [0.2, 0.25) is 11.7 Å². The van der Waals surface area contributed by atoms with Gasteiger partial charge in [0.05, 0.1) is 14.2 Å². The minimum atomic E-state index is -0.0417. The molecule has 0 saturated heterocycles. The number of amides is 1. The second-order valence-electron chi connectivity index (χ2n) is 7.36. The Kier molecular flexibility index (Phi) is 6.94. The van der Waals surface area contributed by atoms with Crippen molar-refractivity contribution in [2.24, 2.45) is 0 Å². The quantitative estimate of drug-likeness (QED) is 0.415. The second-order valence-corrected chi connectivity index (χ2v) is 7.36. The SMILES string of the molecule is COc1cc(CCC(=O)NCc2cccc(-c3nc(-c4ccncc4)no3)c2)cc(OC)c1. The number of rotatable bonds is 9. The third kappa shape index (κ3) is 5.74. The fourth-order valence-electron chi connectivity index (χ4n) is 3.33. The molecule has 0 radical (unpaired) electrons. The second kappa shape index (κ2) is 10.4. The van der Waals surface area contributed by atoms with E-state index in [2.05, 4.69) is 20.4 Å². The summed E-state index contributed by atoms with van der Waals surface area (Å²) in [5.74, 6) is 2.28. The number of pyridine rings is 1. The molecule has 1 N–H and O–H groups in total. The Balaban J connectivity index is 1.35. The molecule has 0 unspecified atom stereocenters. The normalized spacial score (nSPS) is 10.6. The Morgan fingerprint density at radius 2 is 1.70 bits per heavy atom. The zero-order valence-electron chi connectivity index (χ0n) is 18.4. The number of carbonyl (C=O) groups excluding carboxylic acids is 1. The average Bonchev–Trinajstić information content (AvgIpc) is 3.37. The van der Waals surface area contributed by atoms with Crippen molar-refractivity contribution in [3.8, 4) is 34.3 Å². The van der Waals surface area contributed by atoms with Crippen LogP contribution in [0.5, 0.6) is 11.5 Å². The molecule has 0 saturated carbocycles. The Morgan fingerprint density at radius 1 is 0.939 bits per heavy atom. The van der Waals surface area contributed by atoms with E-state index in [1.165, 1.54) is 0 Å². The lowest BCUT2D eigenvalue weighted by atomic mass is 10.1. The number of hydrogen-bond donors (Lipinski definition) is 1. The zero-order chi connectivity index (χ0) is 23.0. The monoisotopic (exact) mass is 444 g/mol. The predicted octanol–water partition coefficient (Wildman–Crippen LogP) is 4.06. The first-order valence-electron chi connectivity index (χ1n) is 10.5. The lowest BCUT2D eigenvalue weighted by Gasteiger charge is -2.09. The molecule has 8 nitrogen and oxygen atoms in total. The predicted molar refractivity (Wildman–Crippen MR) is 123 cm³/mol. The highest BCUT2D eigenvalue weighted by Crippen LogP contribution is 2.24. The zero-order valence-corrected chi connectivity index (χ0v) is 18.4. The standard InChI is InChI=1S/C25H24N4O4/c1-31-21-13-17(14-22(15-21)32-2)6-7-23(30)27-16-18-4-3-5-20(12-18)25-28-24(29-33-25)19-8-10-26-11-9-19/h3-5,8-15H,6-7,16H2,1-2H3,(H,27,30). The number of hydrogen-bond acceptors (Lipinski definition) is 7. The first-order chi connectivity index (χ1) is 16.1. The number of benzene rings is 2. The molecular formula is C25H24N4O4. The molecule has 0 atom stereocenters. The maximum Gasteiger partial charge on any atom is 0.258 e. The van der Waals surface area contributed by atoms with Crippen LogP contribution in [0.1, 0.15) is 17.5 Å². The van der Waals surface area contributed by atoms with Gasteiger partial charge < -0.3 is 19.3 Å². The molecule has 0 spiro atoms. The van der Waals surface area contributed by atoms with Crippen LogP contribution in [0.25, 0.3) is 22.8 Å². The van der Waals surface area contributed by atoms with E-state index < -0.39 is 0 Å². The van der Waals surface area contributed by atoms with Crippen molar-refractivity contribution in [2.75, 3.05) is 14.2 Å². The lowest BCUT2D eigenvalue weighted by Crippen LogP contribution is -2.23. The number of ether oxygens (including phenoxy) is 2. The molecule has 2 aromatic heterocycles. The van der Waals surface area contributed by atoms with Gasteiger partial charge in [0.25, 0.3) is 5.89 Å². The summed E-state index contributed by atoms with van der Waals surface area (Å²) in [4.78, 5) is 20.9. The fourth-order valence-corrected chi connectivity index (χ4v) is 3.33. The molecule has 0 aliphatic heterocycles. The highest BCUT2D eigenvalue weighted by Gasteiger charge is 2.11. The molecule has 33 heavy (non-hydrogen) atoms. The molecule has 1 amide bonds. The number of carbonyl (C=O) groups is 1. The van der Waals surface area contributed by atoms with Gasteiger partial charge in [0.15, 0.2) is 0 Å². The minimum absolute atomic E-state index is 0.0417. The van der Waals surface area contributed by atoms with Crippen LogP contribution >= 0.6 is 0 Å². The molecule has 4 rings (SSSR count). The summed E-state index contributed by atoms with van der Waals surface area (Å²) in [5, 5.41) is 7.00. The van der Waals surface area contributed by atoms with Crippen molar-refractivity contribution >= 4 is 5.91 Å². The molecule has 0 fully saturated rings. The van der Waals surface area contributed by atoms with Crippen LogP contribution in [0.2, 0.25) is 0 Å². The summed E-state index contributed by atoms with van der Waals surface area (Å²) in [6.45, 7) is 0.402. The van der Waals surface area contributed by atoms with Crippen LogP contribution in [0.15, 0.2) is 71.5 Å². The van der Waals surface area contributed by atoms with Gasteiger partial charge in [-0.3, -0.25) is 9.78 Å². The van der Waals surface area contributed by atoms with Gasteiger partial charge in [0.1, 0.15) is 11.5 Å². The van der Waals surface area contributed by atoms with Crippen molar-refractivity contribution in [1.29, 1.82) is 0 Å². The van der Waals surface area contributed by atoms with Crippen molar-refractivity contribution in [2.45, 2.75) is 19.4 Å². The number of aryl methyl sites for hydroxylation is 1. The van der Waals surface area contributed by atoms with Crippen LogP contribution in [0.3, 0.4) is 0 Å².